The summed E-state index contributed by atoms with van der Waals surface area (Å²) >= 11 is 0. The fraction of sp³-hybridized carbons (Fsp3) is 0.444. The number of pyridine rings is 1. The Kier molecular flexibility index (Phi) is 9.16. The van der Waals surface area contributed by atoms with E-state index >= 15 is 0 Å². The molecular weight excluding hydrogens is 509 g/mol. The third-order valence-electron chi connectivity index (χ3n) is 5.49. The maximum Gasteiger partial charge on any atom is 0.408 e. The van der Waals surface area contributed by atoms with Crippen molar-refractivity contribution in [2.24, 2.45) is 0 Å². The molecule has 0 saturated carbocycles. The van der Waals surface area contributed by atoms with E-state index in [1.807, 2.05) is 16.8 Å². The van der Waals surface area contributed by atoms with E-state index in [2.05, 4.69) is 29.9 Å². The Bertz CT molecular complexity index is 1280. The van der Waals surface area contributed by atoms with Gasteiger partial charge in [-0.2, -0.15) is 0 Å². The van der Waals surface area contributed by atoms with E-state index in [1.54, 1.807) is 39.1 Å². The van der Waals surface area contributed by atoms with Gasteiger partial charge in [0.25, 0.3) is 0 Å². The maximum absolute atomic E-state index is 15.0. The highest BCUT2D eigenvalue weighted by Crippen LogP contribution is 2.31. The molecule has 1 atom stereocenters. The minimum atomic E-state index is -1.29. The quantitative estimate of drug-likeness (QED) is 0.231. The Hall–Kier alpha value is -3.44. The van der Waals surface area contributed by atoms with E-state index in [1.165, 1.54) is 12.1 Å². The van der Waals surface area contributed by atoms with Gasteiger partial charge in [0, 0.05) is 33.5 Å². The average molecular weight is 546 g/mol. The molecule has 11 heteroatoms. The second-order valence-electron chi connectivity index (χ2n) is 11.3. The molecule has 3 rings (SSSR count). The van der Waals surface area contributed by atoms with Crippen molar-refractivity contribution in [3.63, 3.8) is 0 Å². The summed E-state index contributed by atoms with van der Waals surface area (Å²) in [7, 11) is -1.18. The highest BCUT2D eigenvalue weighted by Gasteiger charge is 2.25. The zero-order valence-electron chi connectivity index (χ0n) is 22.7. The summed E-state index contributed by atoms with van der Waals surface area (Å²) in [4.78, 5) is 28.1. The van der Waals surface area contributed by atoms with E-state index in [0.29, 0.717) is 35.7 Å². The van der Waals surface area contributed by atoms with Gasteiger partial charge in [0.05, 0.1) is 5.39 Å². The van der Waals surface area contributed by atoms with Crippen molar-refractivity contribution in [1.82, 2.24) is 14.9 Å². The monoisotopic (exact) mass is 545 g/mol. The van der Waals surface area contributed by atoms with Crippen LogP contribution >= 0.6 is 0 Å². The molecular formula is C27H36FN3O6Si. The minimum Gasteiger partial charge on any atom is -0.480 e. The number of ether oxygens (including phenoxy) is 3. The fourth-order valence-corrected chi connectivity index (χ4v) is 4.32. The van der Waals surface area contributed by atoms with Crippen LogP contribution < -0.4 is 10.1 Å². The Morgan fingerprint density at radius 3 is 2.53 bits per heavy atom. The number of hydrogen-bond donors (Lipinski definition) is 2. The van der Waals surface area contributed by atoms with Gasteiger partial charge < -0.3 is 29.2 Å². The largest absolute Gasteiger partial charge is 0.480 e. The SMILES string of the molecule is CC(C)(C)OC(=O)N[C@@H](Cc1ccc(Oc2ccnc3c2ccn3COCC[Si](C)(C)C)c(F)c1)C(=O)O. The lowest BCUT2D eigenvalue weighted by Crippen LogP contribution is -2.44. The number of aliphatic carboxylic acids is 1. The van der Waals surface area contributed by atoms with E-state index in [-0.39, 0.29) is 12.2 Å². The van der Waals surface area contributed by atoms with Gasteiger partial charge in [-0.1, -0.05) is 25.7 Å². The van der Waals surface area contributed by atoms with Crippen LogP contribution in [0.2, 0.25) is 25.7 Å². The van der Waals surface area contributed by atoms with Crippen molar-refractivity contribution in [2.45, 2.75) is 71.3 Å². The van der Waals surface area contributed by atoms with Gasteiger partial charge >= 0.3 is 12.1 Å². The lowest BCUT2D eigenvalue weighted by molar-refractivity contribution is -0.139. The highest BCUT2D eigenvalue weighted by atomic mass is 28.3. The predicted octanol–water partition coefficient (Wildman–Crippen LogP) is 5.80. The smallest absolute Gasteiger partial charge is 0.408 e. The molecule has 1 aromatic carbocycles. The number of hydrogen-bond acceptors (Lipinski definition) is 6. The van der Waals surface area contributed by atoms with E-state index < -0.39 is 37.6 Å². The number of aromatic nitrogens is 2. The number of carbonyl (C=O) groups is 2. The number of benzene rings is 1. The number of nitrogens with zero attached hydrogens (tertiary/aromatic N) is 2. The van der Waals surface area contributed by atoms with Crippen molar-refractivity contribution in [2.75, 3.05) is 6.61 Å². The molecule has 38 heavy (non-hydrogen) atoms. The third-order valence-corrected chi connectivity index (χ3v) is 7.20. The van der Waals surface area contributed by atoms with Crippen molar-refractivity contribution < 1.29 is 33.3 Å². The molecule has 0 fully saturated rings. The molecule has 0 spiro atoms. The second-order valence-corrected chi connectivity index (χ2v) is 16.9. The number of fused-ring (bicyclic) bond motifs is 1. The molecule has 0 radical (unpaired) electrons. The molecule has 0 saturated heterocycles. The molecule has 1 amide bonds. The van der Waals surface area contributed by atoms with Crippen molar-refractivity contribution in [3.8, 4) is 11.5 Å². The lowest BCUT2D eigenvalue weighted by Gasteiger charge is -2.22. The fourth-order valence-electron chi connectivity index (χ4n) is 3.56. The van der Waals surface area contributed by atoms with Gasteiger partial charge in [-0.3, -0.25) is 0 Å². The van der Waals surface area contributed by atoms with Gasteiger partial charge in [0.1, 0.15) is 29.8 Å². The highest BCUT2D eigenvalue weighted by molar-refractivity contribution is 6.76. The van der Waals surface area contributed by atoms with Crippen molar-refractivity contribution in [1.29, 1.82) is 0 Å². The van der Waals surface area contributed by atoms with E-state index in [9.17, 15) is 19.1 Å². The van der Waals surface area contributed by atoms with E-state index in [0.717, 1.165) is 6.04 Å². The van der Waals surface area contributed by atoms with E-state index in [4.69, 9.17) is 14.2 Å². The first-order valence-corrected chi connectivity index (χ1v) is 16.1. The standard InChI is InChI=1S/C27H36FN3O6Si/c1-27(2,3)37-26(34)30-21(25(32)33)16-18-7-8-23(20(28)15-18)36-22-9-11-29-24-19(22)10-12-31(24)17-35-13-14-38(4,5)6/h7-12,15,21H,13-14,16-17H2,1-6H3,(H,30,34)(H,32,33)/t21-/m0/s1. The third kappa shape index (κ3) is 8.56. The first-order valence-electron chi connectivity index (χ1n) is 12.4. The van der Waals surface area contributed by atoms with Gasteiger partial charge in [-0.15, -0.1) is 0 Å². The summed E-state index contributed by atoms with van der Waals surface area (Å²) in [5.41, 5.74) is 0.253. The topological polar surface area (TPSA) is 112 Å². The second kappa shape index (κ2) is 12.0. The lowest BCUT2D eigenvalue weighted by atomic mass is 10.1. The zero-order chi connectivity index (χ0) is 28.1. The summed E-state index contributed by atoms with van der Waals surface area (Å²) in [5, 5.41) is 12.5. The predicted molar refractivity (Wildman–Crippen MR) is 145 cm³/mol. The first-order chi connectivity index (χ1) is 17.7. The van der Waals surface area contributed by atoms with Gasteiger partial charge in [0.2, 0.25) is 0 Å². The normalized spacial score (nSPS) is 12.8. The number of amides is 1. The molecule has 0 aliphatic rings. The zero-order valence-corrected chi connectivity index (χ0v) is 23.7. The molecule has 3 aromatic rings. The van der Waals surface area contributed by atoms with Crippen LogP contribution in [0, 0.1) is 5.82 Å². The summed E-state index contributed by atoms with van der Waals surface area (Å²) < 4.78 is 33.6. The molecule has 2 aromatic heterocycles. The minimum absolute atomic E-state index is 0.0210. The van der Waals surface area contributed by atoms with Crippen LogP contribution in [0.25, 0.3) is 11.0 Å². The molecule has 2 N–H and O–H groups in total. The van der Waals surface area contributed by atoms with Crippen LogP contribution in [0.5, 0.6) is 11.5 Å². The van der Waals surface area contributed by atoms with Crippen LogP contribution in [0.4, 0.5) is 9.18 Å². The van der Waals surface area contributed by atoms with Crippen molar-refractivity contribution in [3.05, 3.63) is 54.1 Å². The molecule has 2 heterocycles. The molecule has 0 bridgehead atoms. The van der Waals surface area contributed by atoms with Crippen LogP contribution in [0.15, 0.2) is 42.7 Å². The number of alkyl carbamates (subject to hydrolysis) is 1. The summed E-state index contributed by atoms with van der Waals surface area (Å²) in [6.45, 7) is 12.9. The summed E-state index contributed by atoms with van der Waals surface area (Å²) in [6, 6.07) is 7.44. The molecule has 0 aliphatic heterocycles. The molecule has 0 unspecified atom stereocenters. The average Bonchev–Trinajstić information content (AvgIpc) is 3.20. The van der Waals surface area contributed by atoms with Gasteiger partial charge in [-0.25, -0.2) is 19.0 Å². The van der Waals surface area contributed by atoms with Crippen LogP contribution in [0.1, 0.15) is 26.3 Å². The Balaban J connectivity index is 1.69. The van der Waals surface area contributed by atoms with Crippen LogP contribution in [-0.4, -0.2) is 53.0 Å². The van der Waals surface area contributed by atoms with Gasteiger partial charge in [0.15, 0.2) is 11.6 Å². The van der Waals surface area contributed by atoms with Crippen molar-refractivity contribution >= 4 is 31.2 Å². The number of carboxylic acid groups (broad SMARTS) is 1. The number of carbonyl (C=O) groups excluding carboxylic acids is 1. The molecule has 0 aliphatic carbocycles. The Morgan fingerprint density at radius 1 is 1.16 bits per heavy atom. The molecule has 206 valence electrons. The Morgan fingerprint density at radius 2 is 1.89 bits per heavy atom. The maximum atomic E-state index is 15.0. The summed E-state index contributed by atoms with van der Waals surface area (Å²) in [6.07, 6.45) is 2.44. The number of rotatable bonds is 11. The number of halogens is 1. The van der Waals surface area contributed by atoms with Gasteiger partial charge in [-0.05, 0) is 56.6 Å². The van der Waals surface area contributed by atoms with Crippen LogP contribution in [0.3, 0.4) is 0 Å². The first kappa shape index (κ1) is 29.1. The number of carboxylic acids is 1. The Labute approximate surface area is 222 Å². The summed E-state index contributed by atoms with van der Waals surface area (Å²) in [5.74, 6) is -1.52. The molecule has 9 nitrogen and oxygen atoms in total. The van der Waals surface area contributed by atoms with Crippen LogP contribution in [-0.2, 0) is 27.4 Å². The number of nitrogens with one attached hydrogen (secondary N) is 1.